The lowest BCUT2D eigenvalue weighted by atomic mass is 9.66. The van der Waals surface area contributed by atoms with Crippen LogP contribution in [0.4, 0.5) is 0 Å². The average Bonchev–Trinajstić information content (AvgIpc) is 2.88. The topological polar surface area (TPSA) is 50.1 Å². The van der Waals surface area contributed by atoms with E-state index in [9.17, 15) is 10.1 Å². The molecule has 3 rings (SSSR count). The summed E-state index contributed by atoms with van der Waals surface area (Å²) < 4.78 is 5.03. The molecule has 2 unspecified atom stereocenters. The summed E-state index contributed by atoms with van der Waals surface area (Å²) in [5.74, 6) is 0.113. The molecule has 1 saturated carbocycles. The van der Waals surface area contributed by atoms with Crippen LogP contribution in [-0.4, -0.2) is 12.6 Å². The Morgan fingerprint density at radius 1 is 1.09 bits per heavy atom. The number of nitriles is 1. The minimum Gasteiger partial charge on any atom is -0.463 e. The Morgan fingerprint density at radius 2 is 1.76 bits per heavy atom. The zero-order chi connectivity index (χ0) is 23.5. The van der Waals surface area contributed by atoms with Gasteiger partial charge in [-0.3, -0.25) is 0 Å². The van der Waals surface area contributed by atoms with Crippen LogP contribution in [0.2, 0.25) is 0 Å². The van der Waals surface area contributed by atoms with E-state index in [1.807, 2.05) is 0 Å². The van der Waals surface area contributed by atoms with Gasteiger partial charge < -0.3 is 4.74 Å². The number of carbonyl (C=O) groups excluding carboxylic acids is 1. The number of hydrogen-bond donors (Lipinski definition) is 0. The van der Waals surface area contributed by atoms with E-state index in [0.717, 1.165) is 57.8 Å². The van der Waals surface area contributed by atoms with Gasteiger partial charge in [0.1, 0.15) is 0 Å². The van der Waals surface area contributed by atoms with Crippen LogP contribution in [0.25, 0.3) is 11.1 Å². The summed E-state index contributed by atoms with van der Waals surface area (Å²) in [6.45, 7) is 6.04. The third-order valence-electron chi connectivity index (χ3n) is 7.12. The van der Waals surface area contributed by atoms with Gasteiger partial charge in [-0.25, -0.2) is 4.79 Å². The smallest absolute Gasteiger partial charge is 0.330 e. The fraction of sp³-hybridized carbons (Fsp3) is 0.467. The number of aryl methyl sites for hydroxylation is 1. The number of esters is 1. The molecule has 1 aliphatic rings. The number of carbonyl (C=O) groups is 1. The Balaban J connectivity index is 1.51. The van der Waals surface area contributed by atoms with Crippen LogP contribution in [0, 0.1) is 16.7 Å². The number of unbranched alkanes of at least 4 members (excludes halogenated alkanes) is 3. The van der Waals surface area contributed by atoms with E-state index in [4.69, 9.17) is 4.74 Å². The molecule has 2 atom stereocenters. The van der Waals surface area contributed by atoms with Crippen molar-refractivity contribution in [3.05, 3.63) is 72.3 Å². The van der Waals surface area contributed by atoms with Crippen LogP contribution in [0.1, 0.15) is 81.8 Å². The first-order valence-electron chi connectivity index (χ1n) is 12.5. The van der Waals surface area contributed by atoms with E-state index in [1.54, 1.807) is 0 Å². The highest BCUT2D eigenvalue weighted by molar-refractivity contribution is 5.81. The second kappa shape index (κ2) is 12.4. The maximum absolute atomic E-state index is 11.1. The quantitative estimate of drug-likeness (QED) is 0.202. The molecule has 0 radical (unpaired) electrons. The second-order valence-corrected chi connectivity index (χ2v) is 9.39. The van der Waals surface area contributed by atoms with Crippen molar-refractivity contribution in [3.8, 4) is 17.2 Å². The first-order chi connectivity index (χ1) is 16.1. The van der Waals surface area contributed by atoms with Gasteiger partial charge in [-0.15, -0.1) is 0 Å². The molecule has 33 heavy (non-hydrogen) atoms. The molecular weight excluding hydrogens is 406 g/mol. The summed E-state index contributed by atoms with van der Waals surface area (Å²) in [5, 5.41) is 10.1. The largest absolute Gasteiger partial charge is 0.463 e. The highest BCUT2D eigenvalue weighted by Crippen LogP contribution is 2.46. The summed E-state index contributed by atoms with van der Waals surface area (Å²) in [7, 11) is 0. The van der Waals surface area contributed by atoms with Crippen LogP contribution < -0.4 is 0 Å². The van der Waals surface area contributed by atoms with Gasteiger partial charge in [-0.2, -0.15) is 5.26 Å². The van der Waals surface area contributed by atoms with Gasteiger partial charge in [0.05, 0.1) is 18.1 Å². The van der Waals surface area contributed by atoms with Crippen LogP contribution in [0.3, 0.4) is 0 Å². The van der Waals surface area contributed by atoms with Crippen molar-refractivity contribution in [2.75, 3.05) is 6.61 Å². The van der Waals surface area contributed by atoms with Crippen molar-refractivity contribution < 1.29 is 9.53 Å². The second-order valence-electron chi connectivity index (χ2n) is 9.39. The summed E-state index contributed by atoms with van der Waals surface area (Å²) in [6.07, 6.45) is 11.5. The zero-order valence-corrected chi connectivity index (χ0v) is 20.0. The summed E-state index contributed by atoms with van der Waals surface area (Å²) in [4.78, 5) is 11.1. The minimum absolute atomic E-state index is 0.202. The van der Waals surface area contributed by atoms with Crippen LogP contribution in [0.15, 0.2) is 61.2 Å². The molecule has 1 fully saturated rings. The molecular formula is C30H37NO2. The lowest BCUT2D eigenvalue weighted by molar-refractivity contribution is -0.137. The van der Waals surface area contributed by atoms with Gasteiger partial charge in [-0.1, -0.05) is 87.7 Å². The van der Waals surface area contributed by atoms with Crippen molar-refractivity contribution in [3.63, 3.8) is 0 Å². The zero-order valence-electron chi connectivity index (χ0n) is 20.0. The summed E-state index contributed by atoms with van der Waals surface area (Å²) in [6, 6.07) is 20.5. The Labute approximate surface area is 199 Å². The van der Waals surface area contributed by atoms with Crippen molar-refractivity contribution in [2.45, 2.75) is 77.0 Å². The first-order valence-corrected chi connectivity index (χ1v) is 12.5. The van der Waals surface area contributed by atoms with Gasteiger partial charge in [0.2, 0.25) is 0 Å². The number of ether oxygens (including phenoxy) is 1. The molecule has 0 spiro atoms. The Morgan fingerprint density at radius 3 is 2.39 bits per heavy atom. The average molecular weight is 444 g/mol. The summed E-state index contributed by atoms with van der Waals surface area (Å²) >= 11 is 0. The predicted molar refractivity (Wildman–Crippen MR) is 135 cm³/mol. The fourth-order valence-electron chi connectivity index (χ4n) is 5.06. The monoisotopic (exact) mass is 443 g/mol. The van der Waals surface area contributed by atoms with Crippen molar-refractivity contribution in [2.24, 2.45) is 5.41 Å². The minimum atomic E-state index is -0.353. The molecule has 2 aromatic carbocycles. The third kappa shape index (κ3) is 7.06. The van der Waals surface area contributed by atoms with E-state index < -0.39 is 0 Å². The van der Waals surface area contributed by atoms with E-state index in [1.165, 1.54) is 34.8 Å². The highest BCUT2D eigenvalue weighted by atomic mass is 16.5. The van der Waals surface area contributed by atoms with E-state index in [-0.39, 0.29) is 11.4 Å². The highest BCUT2D eigenvalue weighted by Gasteiger charge is 2.36. The molecule has 0 heterocycles. The normalized spacial score (nSPS) is 20.1. The predicted octanol–water partition coefficient (Wildman–Crippen LogP) is 7.76. The van der Waals surface area contributed by atoms with Gasteiger partial charge in [-0.05, 0) is 66.7 Å². The Bertz CT molecular complexity index is 939. The van der Waals surface area contributed by atoms with E-state index in [2.05, 4.69) is 68.1 Å². The Kier molecular flexibility index (Phi) is 9.31. The van der Waals surface area contributed by atoms with E-state index in [0.29, 0.717) is 12.5 Å². The first kappa shape index (κ1) is 24.8. The van der Waals surface area contributed by atoms with Crippen molar-refractivity contribution in [1.82, 2.24) is 0 Å². The lowest BCUT2D eigenvalue weighted by Crippen LogP contribution is -2.26. The number of benzene rings is 2. The standard InChI is InChI=1S/C30H37NO2/c1-3-24-11-13-25(14-12-24)26-15-17-27(18-16-26)28-10-9-20-30(22-28,23-31)19-7-5-6-8-21-33-29(32)4-2/h4,11-18,28H,2-3,5-10,19-22H2,1H3. The molecule has 3 heteroatoms. The SMILES string of the molecule is C=CC(=O)OCCCCCCC1(C#N)CCCC(c2ccc(-c3ccc(CC)cc3)cc2)C1. The van der Waals surface area contributed by atoms with E-state index >= 15 is 0 Å². The maximum atomic E-state index is 11.1. The molecule has 174 valence electrons. The molecule has 0 amide bonds. The molecule has 3 nitrogen and oxygen atoms in total. The fourth-order valence-corrected chi connectivity index (χ4v) is 5.06. The van der Waals surface area contributed by atoms with Crippen LogP contribution >= 0.6 is 0 Å². The summed E-state index contributed by atoms with van der Waals surface area (Å²) in [5.41, 5.74) is 5.04. The molecule has 0 saturated heterocycles. The Hall–Kier alpha value is -2.86. The van der Waals surface area contributed by atoms with Crippen LogP contribution in [0.5, 0.6) is 0 Å². The molecule has 0 aliphatic heterocycles. The number of hydrogen-bond acceptors (Lipinski definition) is 3. The third-order valence-corrected chi connectivity index (χ3v) is 7.12. The molecule has 0 aromatic heterocycles. The number of rotatable bonds is 11. The van der Waals surface area contributed by atoms with Crippen molar-refractivity contribution in [1.29, 1.82) is 5.26 Å². The lowest BCUT2D eigenvalue weighted by Gasteiger charge is -2.36. The number of nitrogens with zero attached hydrogens (tertiary/aromatic N) is 1. The van der Waals surface area contributed by atoms with Gasteiger partial charge >= 0.3 is 5.97 Å². The maximum Gasteiger partial charge on any atom is 0.330 e. The molecule has 0 N–H and O–H groups in total. The van der Waals surface area contributed by atoms with Gasteiger partial charge in [0, 0.05) is 6.08 Å². The molecule has 0 bridgehead atoms. The van der Waals surface area contributed by atoms with Gasteiger partial charge in [0.25, 0.3) is 0 Å². The van der Waals surface area contributed by atoms with Gasteiger partial charge in [0.15, 0.2) is 0 Å². The molecule has 1 aliphatic carbocycles. The van der Waals surface area contributed by atoms with Crippen LogP contribution in [-0.2, 0) is 16.0 Å². The molecule has 2 aromatic rings. The van der Waals surface area contributed by atoms with Crippen molar-refractivity contribution >= 4 is 5.97 Å².